The Bertz CT molecular complexity index is 379. The van der Waals surface area contributed by atoms with Crippen molar-refractivity contribution in [3.8, 4) is 0 Å². The molecule has 0 bridgehead atoms. The first-order valence-corrected chi connectivity index (χ1v) is 7.17. The highest BCUT2D eigenvalue weighted by Crippen LogP contribution is 2.53. The molecule has 98 valence electrons. The van der Waals surface area contributed by atoms with Gasteiger partial charge in [-0.15, -0.1) is 0 Å². The number of nitrogens with one attached hydrogen (secondary N) is 1. The van der Waals surface area contributed by atoms with Crippen molar-refractivity contribution < 1.29 is 4.74 Å². The number of likely N-dealkylation sites (N-methyl/N-ethyl adjacent to an activating group) is 1. The topological polar surface area (TPSA) is 21.3 Å². The summed E-state index contributed by atoms with van der Waals surface area (Å²) in [5, 5.41) is 3.62. The number of rotatable bonds is 4. The Balaban J connectivity index is 1.82. The van der Waals surface area contributed by atoms with E-state index in [1.807, 2.05) is 0 Å². The highest BCUT2D eigenvalue weighted by molar-refractivity contribution is 5.34. The van der Waals surface area contributed by atoms with Crippen molar-refractivity contribution in [2.24, 2.45) is 5.92 Å². The van der Waals surface area contributed by atoms with Crippen LogP contribution in [0.1, 0.15) is 31.2 Å². The van der Waals surface area contributed by atoms with Crippen molar-refractivity contribution in [2.45, 2.75) is 37.1 Å². The van der Waals surface area contributed by atoms with Crippen LogP contribution < -0.4 is 5.32 Å². The average molecular weight is 245 g/mol. The minimum atomic E-state index is 0.401. The minimum absolute atomic E-state index is 0.401. The van der Waals surface area contributed by atoms with Crippen LogP contribution in [0, 0.1) is 5.92 Å². The number of ether oxygens (including phenoxy) is 1. The van der Waals surface area contributed by atoms with Crippen LogP contribution in [0.4, 0.5) is 0 Å². The number of hydrogen-bond donors (Lipinski definition) is 1. The predicted molar refractivity (Wildman–Crippen MR) is 73.7 cm³/mol. The van der Waals surface area contributed by atoms with Crippen molar-refractivity contribution in [3.05, 3.63) is 35.9 Å². The molecular weight excluding hydrogens is 222 g/mol. The third-order valence-corrected chi connectivity index (χ3v) is 4.78. The number of hydrogen-bond acceptors (Lipinski definition) is 2. The van der Waals surface area contributed by atoms with Gasteiger partial charge in [-0.25, -0.2) is 0 Å². The first kappa shape index (κ1) is 12.2. The lowest BCUT2D eigenvalue weighted by Crippen LogP contribution is -2.45. The standard InChI is InChI=1S/C16H23NO/c1-17-15(13-7-11-18-12-8-13)16(9-10-16)14-5-3-2-4-6-14/h2-6,13,15,17H,7-12H2,1H3. The highest BCUT2D eigenvalue weighted by Gasteiger charge is 2.52. The normalized spacial score (nSPS) is 24.7. The zero-order valence-electron chi connectivity index (χ0n) is 11.2. The summed E-state index contributed by atoms with van der Waals surface area (Å²) in [6.07, 6.45) is 5.08. The SMILES string of the molecule is CNC(C1CCOCC1)C1(c2ccccc2)CC1. The fourth-order valence-corrected chi connectivity index (χ4v) is 3.70. The van der Waals surface area contributed by atoms with Crippen molar-refractivity contribution in [3.63, 3.8) is 0 Å². The fraction of sp³-hybridized carbons (Fsp3) is 0.625. The van der Waals surface area contributed by atoms with Gasteiger partial charge in [-0.1, -0.05) is 30.3 Å². The summed E-state index contributed by atoms with van der Waals surface area (Å²) in [5.41, 5.74) is 1.92. The van der Waals surface area contributed by atoms with E-state index in [9.17, 15) is 0 Å². The summed E-state index contributed by atoms with van der Waals surface area (Å²) in [4.78, 5) is 0. The lowest BCUT2D eigenvalue weighted by molar-refractivity contribution is 0.0492. The zero-order valence-corrected chi connectivity index (χ0v) is 11.2. The Kier molecular flexibility index (Phi) is 3.40. The molecule has 1 aromatic carbocycles. The molecule has 1 unspecified atom stereocenters. The quantitative estimate of drug-likeness (QED) is 0.880. The molecule has 3 rings (SSSR count). The van der Waals surface area contributed by atoms with E-state index in [1.54, 1.807) is 0 Å². The smallest absolute Gasteiger partial charge is 0.0469 e. The first-order valence-electron chi connectivity index (χ1n) is 7.17. The minimum Gasteiger partial charge on any atom is -0.381 e. The van der Waals surface area contributed by atoms with E-state index in [-0.39, 0.29) is 0 Å². The van der Waals surface area contributed by atoms with Crippen molar-refractivity contribution in [2.75, 3.05) is 20.3 Å². The van der Waals surface area contributed by atoms with Crippen LogP contribution >= 0.6 is 0 Å². The van der Waals surface area contributed by atoms with Gasteiger partial charge in [0.2, 0.25) is 0 Å². The summed E-state index contributed by atoms with van der Waals surface area (Å²) in [6.45, 7) is 1.88. The van der Waals surface area contributed by atoms with E-state index >= 15 is 0 Å². The van der Waals surface area contributed by atoms with Crippen LogP contribution in [0.3, 0.4) is 0 Å². The van der Waals surface area contributed by atoms with Gasteiger partial charge in [-0.2, -0.15) is 0 Å². The third kappa shape index (κ3) is 2.08. The van der Waals surface area contributed by atoms with Gasteiger partial charge in [0.1, 0.15) is 0 Å². The van der Waals surface area contributed by atoms with Crippen molar-refractivity contribution in [1.82, 2.24) is 5.32 Å². The maximum atomic E-state index is 5.51. The molecule has 2 heteroatoms. The van der Waals surface area contributed by atoms with Crippen LogP contribution in [0.25, 0.3) is 0 Å². The molecule has 2 nitrogen and oxygen atoms in total. The molecule has 1 atom stereocenters. The van der Waals surface area contributed by atoms with Crippen molar-refractivity contribution >= 4 is 0 Å². The van der Waals surface area contributed by atoms with Gasteiger partial charge in [0.05, 0.1) is 0 Å². The molecule has 1 saturated heterocycles. The number of benzene rings is 1. The molecule has 0 aromatic heterocycles. The van der Waals surface area contributed by atoms with E-state index in [0.29, 0.717) is 11.5 Å². The second-order valence-corrected chi connectivity index (χ2v) is 5.74. The lowest BCUT2D eigenvalue weighted by Gasteiger charge is -2.36. The van der Waals surface area contributed by atoms with E-state index in [2.05, 4.69) is 42.7 Å². The van der Waals surface area contributed by atoms with Gasteiger partial charge in [0.25, 0.3) is 0 Å². The molecule has 1 N–H and O–H groups in total. The van der Waals surface area contributed by atoms with Gasteiger partial charge in [-0.05, 0) is 44.2 Å². The van der Waals surface area contributed by atoms with Gasteiger partial charge in [-0.3, -0.25) is 0 Å². The van der Waals surface area contributed by atoms with Gasteiger partial charge in [0.15, 0.2) is 0 Å². The fourth-order valence-electron chi connectivity index (χ4n) is 3.70. The van der Waals surface area contributed by atoms with Gasteiger partial charge < -0.3 is 10.1 Å². The molecule has 1 aliphatic carbocycles. The summed E-state index contributed by atoms with van der Waals surface area (Å²) < 4.78 is 5.51. The molecule has 2 fully saturated rings. The van der Waals surface area contributed by atoms with Crippen LogP contribution in [-0.2, 0) is 10.2 Å². The molecule has 0 radical (unpaired) electrons. The Morgan fingerprint density at radius 3 is 2.39 bits per heavy atom. The molecule has 1 aromatic rings. The first-order chi connectivity index (χ1) is 8.87. The van der Waals surface area contributed by atoms with Crippen molar-refractivity contribution in [1.29, 1.82) is 0 Å². The summed E-state index contributed by atoms with van der Waals surface area (Å²) in [5.74, 6) is 0.770. The summed E-state index contributed by atoms with van der Waals surface area (Å²) in [7, 11) is 2.13. The van der Waals surface area contributed by atoms with E-state index < -0.39 is 0 Å². The van der Waals surface area contributed by atoms with Crippen LogP contribution in [0.2, 0.25) is 0 Å². The summed E-state index contributed by atoms with van der Waals surface area (Å²) in [6, 6.07) is 11.7. The van der Waals surface area contributed by atoms with E-state index in [1.165, 1.54) is 31.2 Å². The Labute approximate surface area is 110 Å². The highest BCUT2D eigenvalue weighted by atomic mass is 16.5. The predicted octanol–water partition coefficient (Wildman–Crippen LogP) is 2.73. The van der Waals surface area contributed by atoms with Crippen LogP contribution in [-0.4, -0.2) is 26.3 Å². The van der Waals surface area contributed by atoms with Gasteiger partial charge in [0, 0.05) is 24.7 Å². The van der Waals surface area contributed by atoms with E-state index in [0.717, 1.165) is 19.1 Å². The third-order valence-electron chi connectivity index (χ3n) is 4.78. The molecular formula is C16H23NO. The van der Waals surface area contributed by atoms with Crippen LogP contribution in [0.15, 0.2) is 30.3 Å². The largest absolute Gasteiger partial charge is 0.381 e. The average Bonchev–Trinajstić information content (AvgIpc) is 3.24. The van der Waals surface area contributed by atoms with E-state index in [4.69, 9.17) is 4.74 Å². The second kappa shape index (κ2) is 5.02. The molecule has 0 amide bonds. The Morgan fingerprint density at radius 2 is 1.83 bits per heavy atom. The summed E-state index contributed by atoms with van der Waals surface area (Å²) >= 11 is 0. The molecule has 18 heavy (non-hydrogen) atoms. The Hall–Kier alpha value is -0.860. The van der Waals surface area contributed by atoms with Gasteiger partial charge >= 0.3 is 0 Å². The zero-order chi connectivity index (χ0) is 12.4. The maximum Gasteiger partial charge on any atom is 0.0469 e. The lowest BCUT2D eigenvalue weighted by atomic mass is 9.77. The van der Waals surface area contributed by atoms with Crippen LogP contribution in [0.5, 0.6) is 0 Å². The maximum absolute atomic E-state index is 5.51. The second-order valence-electron chi connectivity index (χ2n) is 5.74. The molecule has 1 heterocycles. The molecule has 1 aliphatic heterocycles. The molecule has 1 saturated carbocycles. The Morgan fingerprint density at radius 1 is 1.17 bits per heavy atom. The molecule has 0 spiro atoms. The monoisotopic (exact) mass is 245 g/mol. The molecule has 2 aliphatic rings.